The molecule has 0 aromatic rings. The van der Waals surface area contributed by atoms with Crippen LogP contribution < -0.4 is 0 Å². The Labute approximate surface area is 199 Å². The molecule has 190 valence electrons. The number of hydrogen-bond acceptors (Lipinski definition) is 2. The van der Waals surface area contributed by atoms with E-state index in [0.29, 0.717) is 6.42 Å². The molecule has 4 nitrogen and oxygen atoms in total. The topological polar surface area (TPSA) is 74.6 Å². The molecule has 0 unspecified atom stereocenters. The zero-order chi connectivity index (χ0) is 23.9. The summed E-state index contributed by atoms with van der Waals surface area (Å²) in [6, 6.07) is 0. The first-order valence-electron chi connectivity index (χ1n) is 13.9. The standard InChI is InChI=1S/C28H54O4/c1-3-5-19-23-28(27(31)32,24-20-6-4-2)25-21-17-15-13-11-9-7-8-10-12-14-16-18-22-26(29)30/h3-25H2,1-2H3,(H,29,30)(H,31,32). The van der Waals surface area contributed by atoms with E-state index in [4.69, 9.17) is 5.11 Å². The lowest BCUT2D eigenvalue weighted by molar-refractivity contribution is -0.151. The largest absolute Gasteiger partial charge is 0.481 e. The third-order valence-electron chi connectivity index (χ3n) is 7.02. The smallest absolute Gasteiger partial charge is 0.309 e. The fourth-order valence-corrected chi connectivity index (χ4v) is 4.81. The summed E-state index contributed by atoms with van der Waals surface area (Å²) in [4.78, 5) is 22.6. The van der Waals surface area contributed by atoms with Crippen molar-refractivity contribution in [3.05, 3.63) is 0 Å². The molecule has 0 aromatic carbocycles. The van der Waals surface area contributed by atoms with Crippen LogP contribution in [0.4, 0.5) is 0 Å². The minimum atomic E-state index is -0.676. The molecule has 2 N–H and O–H groups in total. The quantitative estimate of drug-likeness (QED) is 0.135. The molecule has 0 atom stereocenters. The van der Waals surface area contributed by atoms with Gasteiger partial charge in [0, 0.05) is 6.42 Å². The van der Waals surface area contributed by atoms with Gasteiger partial charge in [0.2, 0.25) is 0 Å². The van der Waals surface area contributed by atoms with Gasteiger partial charge >= 0.3 is 11.9 Å². The summed E-state index contributed by atoms with van der Waals surface area (Å²) in [5.74, 6) is -1.23. The van der Waals surface area contributed by atoms with E-state index in [2.05, 4.69) is 13.8 Å². The lowest BCUT2D eigenvalue weighted by Crippen LogP contribution is -2.31. The van der Waals surface area contributed by atoms with Crippen LogP contribution >= 0.6 is 0 Å². The molecule has 0 radical (unpaired) electrons. The third kappa shape index (κ3) is 17.5. The molecule has 0 saturated carbocycles. The molecule has 32 heavy (non-hydrogen) atoms. The van der Waals surface area contributed by atoms with Crippen LogP contribution in [0.5, 0.6) is 0 Å². The van der Waals surface area contributed by atoms with Gasteiger partial charge in [-0.3, -0.25) is 9.59 Å². The van der Waals surface area contributed by atoms with Crippen molar-refractivity contribution < 1.29 is 19.8 Å². The molecule has 4 heteroatoms. The van der Waals surface area contributed by atoms with E-state index >= 15 is 0 Å². The van der Waals surface area contributed by atoms with E-state index in [1.807, 2.05) is 0 Å². The van der Waals surface area contributed by atoms with Gasteiger partial charge in [0.25, 0.3) is 0 Å². The summed E-state index contributed by atoms with van der Waals surface area (Å²) in [7, 11) is 0. The molecular formula is C28H54O4. The highest BCUT2D eigenvalue weighted by atomic mass is 16.4. The van der Waals surface area contributed by atoms with Crippen molar-refractivity contribution in [3.63, 3.8) is 0 Å². The van der Waals surface area contributed by atoms with Gasteiger partial charge in [-0.25, -0.2) is 0 Å². The summed E-state index contributed by atoms with van der Waals surface area (Å²) in [6.45, 7) is 4.37. The fourth-order valence-electron chi connectivity index (χ4n) is 4.81. The van der Waals surface area contributed by atoms with Crippen molar-refractivity contribution >= 4 is 11.9 Å². The van der Waals surface area contributed by atoms with E-state index < -0.39 is 17.4 Å². The van der Waals surface area contributed by atoms with E-state index in [-0.39, 0.29) is 0 Å². The van der Waals surface area contributed by atoms with Gasteiger partial charge in [0.15, 0.2) is 0 Å². The zero-order valence-corrected chi connectivity index (χ0v) is 21.5. The van der Waals surface area contributed by atoms with Crippen molar-refractivity contribution in [2.45, 2.75) is 162 Å². The van der Waals surface area contributed by atoms with Crippen LogP contribution in [0.15, 0.2) is 0 Å². The van der Waals surface area contributed by atoms with Crippen LogP contribution in [0.3, 0.4) is 0 Å². The van der Waals surface area contributed by atoms with Gasteiger partial charge in [-0.15, -0.1) is 0 Å². The summed E-state index contributed by atoms with van der Waals surface area (Å²) in [5, 5.41) is 18.6. The first-order valence-corrected chi connectivity index (χ1v) is 13.9. The molecule has 0 aromatic heterocycles. The SMILES string of the molecule is CCCCCC(CCCCC)(CCCCCCCCCCCCCCCC(=O)O)C(=O)O. The van der Waals surface area contributed by atoms with Crippen LogP contribution in [0.25, 0.3) is 0 Å². The number of aliphatic carboxylic acids is 2. The highest BCUT2D eigenvalue weighted by Gasteiger charge is 2.36. The minimum Gasteiger partial charge on any atom is -0.481 e. The number of carboxylic acid groups (broad SMARTS) is 2. The van der Waals surface area contributed by atoms with Crippen molar-refractivity contribution in [3.8, 4) is 0 Å². The number of carboxylic acids is 2. The predicted molar refractivity (Wildman–Crippen MR) is 135 cm³/mol. The van der Waals surface area contributed by atoms with Crippen LogP contribution in [0.1, 0.15) is 162 Å². The summed E-state index contributed by atoms with van der Waals surface area (Å²) < 4.78 is 0. The maximum Gasteiger partial charge on any atom is 0.309 e. The average molecular weight is 455 g/mol. The predicted octanol–water partition coefficient (Wildman–Crippen LogP) is 9.15. The monoisotopic (exact) mass is 454 g/mol. The highest BCUT2D eigenvalue weighted by Crippen LogP contribution is 2.37. The Morgan fingerprint density at radius 3 is 1.12 bits per heavy atom. The van der Waals surface area contributed by atoms with E-state index in [0.717, 1.165) is 77.0 Å². The molecule has 0 aliphatic rings. The van der Waals surface area contributed by atoms with E-state index in [9.17, 15) is 14.7 Å². The second-order valence-electron chi connectivity index (χ2n) is 9.99. The molecule has 0 heterocycles. The van der Waals surface area contributed by atoms with Crippen molar-refractivity contribution in [1.82, 2.24) is 0 Å². The molecule has 0 aliphatic carbocycles. The molecular weight excluding hydrogens is 400 g/mol. The molecule has 0 saturated heterocycles. The minimum absolute atomic E-state index is 0.314. The first kappa shape index (κ1) is 30.9. The van der Waals surface area contributed by atoms with Crippen LogP contribution in [0, 0.1) is 5.41 Å². The Hall–Kier alpha value is -1.06. The van der Waals surface area contributed by atoms with Crippen molar-refractivity contribution in [2.24, 2.45) is 5.41 Å². The van der Waals surface area contributed by atoms with Crippen molar-refractivity contribution in [2.75, 3.05) is 0 Å². The fraction of sp³-hybridized carbons (Fsp3) is 0.929. The Kier molecular flexibility index (Phi) is 21.0. The second-order valence-corrected chi connectivity index (χ2v) is 9.99. The van der Waals surface area contributed by atoms with E-state index in [1.165, 1.54) is 64.2 Å². The number of carbonyl (C=O) groups is 2. The lowest BCUT2D eigenvalue weighted by atomic mass is 9.74. The summed E-state index contributed by atoms with van der Waals surface area (Å²) >= 11 is 0. The summed E-state index contributed by atoms with van der Waals surface area (Å²) in [6.07, 6.45) is 25.1. The zero-order valence-electron chi connectivity index (χ0n) is 21.5. The van der Waals surface area contributed by atoms with Gasteiger partial charge in [-0.1, -0.05) is 129 Å². The number of rotatable bonds is 25. The molecule has 0 bridgehead atoms. The van der Waals surface area contributed by atoms with Gasteiger partial charge < -0.3 is 10.2 Å². The number of unbranched alkanes of at least 4 members (excludes halogenated alkanes) is 16. The van der Waals surface area contributed by atoms with Gasteiger partial charge in [-0.05, 0) is 25.7 Å². The third-order valence-corrected chi connectivity index (χ3v) is 7.02. The molecule has 0 rings (SSSR count). The van der Waals surface area contributed by atoms with Gasteiger partial charge in [-0.2, -0.15) is 0 Å². The summed E-state index contributed by atoms with van der Waals surface area (Å²) in [5.41, 5.74) is -0.474. The van der Waals surface area contributed by atoms with Crippen LogP contribution in [0.2, 0.25) is 0 Å². The van der Waals surface area contributed by atoms with Crippen LogP contribution in [-0.2, 0) is 9.59 Å². The van der Waals surface area contributed by atoms with E-state index in [1.54, 1.807) is 0 Å². The van der Waals surface area contributed by atoms with Gasteiger partial charge in [0.05, 0.1) is 5.41 Å². The molecule has 0 spiro atoms. The maximum atomic E-state index is 12.2. The Bertz CT molecular complexity index is 437. The molecule has 0 fully saturated rings. The second kappa shape index (κ2) is 21.8. The lowest BCUT2D eigenvalue weighted by Gasteiger charge is -2.30. The normalized spacial score (nSPS) is 11.7. The maximum absolute atomic E-state index is 12.2. The number of hydrogen-bond donors (Lipinski definition) is 2. The Morgan fingerprint density at radius 1 is 0.500 bits per heavy atom. The molecule has 0 aliphatic heterocycles. The van der Waals surface area contributed by atoms with Crippen molar-refractivity contribution in [1.29, 1.82) is 0 Å². The highest BCUT2D eigenvalue weighted by molar-refractivity contribution is 5.74. The van der Waals surface area contributed by atoms with Crippen LogP contribution in [-0.4, -0.2) is 22.2 Å². The van der Waals surface area contributed by atoms with Gasteiger partial charge in [0.1, 0.15) is 0 Å². The Balaban J connectivity index is 3.83. The molecule has 0 amide bonds. The average Bonchev–Trinajstić information content (AvgIpc) is 2.75. The first-order chi connectivity index (χ1) is 15.5. The Morgan fingerprint density at radius 2 is 0.812 bits per heavy atom.